The van der Waals surface area contributed by atoms with E-state index in [0.29, 0.717) is 13.2 Å². The summed E-state index contributed by atoms with van der Waals surface area (Å²) in [6.45, 7) is 7.01. The second-order valence-corrected chi connectivity index (χ2v) is 12.4. The van der Waals surface area contributed by atoms with Crippen molar-refractivity contribution in [2.24, 2.45) is 0 Å². The van der Waals surface area contributed by atoms with E-state index in [0.717, 1.165) is 64.2 Å². The molecule has 0 bridgehead atoms. The maximum atomic E-state index is 13.0. The summed E-state index contributed by atoms with van der Waals surface area (Å²) >= 11 is 1.92. The van der Waals surface area contributed by atoms with Crippen LogP contribution in [-0.2, 0) is 27.4 Å². The minimum absolute atomic E-state index is 0.150. The van der Waals surface area contributed by atoms with Crippen molar-refractivity contribution in [1.82, 2.24) is 19.8 Å². The molecule has 36 heavy (non-hydrogen) atoms. The molecule has 1 atom stereocenters. The number of benzene rings is 1. The molecule has 1 saturated heterocycles. The van der Waals surface area contributed by atoms with E-state index in [1.807, 2.05) is 54.1 Å². The molecule has 0 amide bonds. The maximum Gasteiger partial charge on any atom is 0.320 e. The van der Waals surface area contributed by atoms with Gasteiger partial charge in [-0.2, -0.15) is 4.31 Å². The fourth-order valence-electron chi connectivity index (χ4n) is 4.33. The lowest BCUT2D eigenvalue weighted by Gasteiger charge is -2.33. The zero-order chi connectivity index (χ0) is 25.1. The van der Waals surface area contributed by atoms with Gasteiger partial charge in [0.1, 0.15) is 22.1 Å². The molecule has 3 aromatic heterocycles. The number of H-pyrrole nitrogens is 1. The third kappa shape index (κ3) is 5.61. The summed E-state index contributed by atoms with van der Waals surface area (Å²) in [7, 11) is 1.86. The molecule has 8 nitrogen and oxygen atoms in total. The molecule has 1 aromatic carbocycles. The third-order valence-electron chi connectivity index (χ3n) is 6.18. The van der Waals surface area contributed by atoms with E-state index in [1.54, 1.807) is 11.3 Å². The van der Waals surface area contributed by atoms with Gasteiger partial charge in [-0.25, -0.2) is 4.98 Å². The molecule has 1 fully saturated rings. The Balaban J connectivity index is 1.25. The summed E-state index contributed by atoms with van der Waals surface area (Å²) < 4.78 is 20.7. The van der Waals surface area contributed by atoms with Crippen LogP contribution in [0.1, 0.15) is 11.8 Å². The fraction of sp³-hybridized carbons (Fsp3) is 0.360. The minimum atomic E-state index is -1.26. The van der Waals surface area contributed by atoms with Crippen LogP contribution in [0.25, 0.3) is 21.6 Å². The lowest BCUT2D eigenvalue weighted by molar-refractivity contribution is -0.144. The number of aromatic nitrogens is 2. The Morgan fingerprint density at radius 1 is 1.22 bits per heavy atom. The van der Waals surface area contributed by atoms with Crippen molar-refractivity contribution >= 4 is 56.6 Å². The van der Waals surface area contributed by atoms with E-state index >= 15 is 0 Å². The van der Waals surface area contributed by atoms with Gasteiger partial charge in [0.05, 0.1) is 31.4 Å². The Morgan fingerprint density at radius 3 is 2.78 bits per heavy atom. The van der Waals surface area contributed by atoms with Crippen molar-refractivity contribution < 1.29 is 14.1 Å². The highest BCUT2D eigenvalue weighted by atomic mass is 32.2. The van der Waals surface area contributed by atoms with Crippen LogP contribution in [0, 0.1) is 0 Å². The predicted octanol–water partition coefficient (Wildman–Crippen LogP) is 4.19. The van der Waals surface area contributed by atoms with Crippen molar-refractivity contribution in [2.75, 3.05) is 50.7 Å². The smallest absolute Gasteiger partial charge is 0.320 e. The molecule has 0 aliphatic carbocycles. The zero-order valence-electron chi connectivity index (χ0n) is 20.3. The summed E-state index contributed by atoms with van der Waals surface area (Å²) in [5.74, 6) is -0.150. The molecule has 1 aliphatic rings. The van der Waals surface area contributed by atoms with Crippen LogP contribution in [0.15, 0.2) is 52.2 Å². The van der Waals surface area contributed by atoms with Crippen molar-refractivity contribution in [3.8, 4) is 10.7 Å². The van der Waals surface area contributed by atoms with Gasteiger partial charge >= 0.3 is 5.97 Å². The van der Waals surface area contributed by atoms with Gasteiger partial charge < -0.3 is 14.3 Å². The number of carbonyl (C=O) groups is 1. The van der Waals surface area contributed by atoms with Crippen LogP contribution in [-0.4, -0.2) is 76.7 Å². The SMILES string of the molecule is CCOC(=O)CN1CCN(Cc2cnc(-c3cc4cccc(N(C)[S+]([O-])c5cccs5)c4[nH]3)s2)CC1. The van der Waals surface area contributed by atoms with Crippen LogP contribution >= 0.6 is 22.7 Å². The first-order valence-corrected chi connectivity index (χ1v) is 14.7. The number of thiophene rings is 1. The highest BCUT2D eigenvalue weighted by Gasteiger charge is 2.24. The molecule has 0 radical (unpaired) electrons. The average molecular weight is 544 g/mol. The molecule has 4 aromatic rings. The van der Waals surface area contributed by atoms with Gasteiger partial charge in [-0.3, -0.25) is 14.6 Å². The van der Waals surface area contributed by atoms with Crippen molar-refractivity contribution in [1.29, 1.82) is 0 Å². The number of carbonyl (C=O) groups excluding carboxylic acids is 1. The standard InChI is InChI=1S/C25H29N5O3S3/c1-3-33-22(31)17-30-11-9-29(10-12-30)16-19-15-26-25(35-19)20-14-18-6-4-7-21(24(18)27-20)28(2)36(32)23-8-5-13-34-23/h4-8,13-15,27H,3,9-12,16-17H2,1-2H3. The number of aromatic amines is 1. The second-order valence-electron chi connectivity index (χ2n) is 8.59. The van der Waals surface area contributed by atoms with Crippen molar-refractivity contribution in [3.05, 3.63) is 52.9 Å². The number of fused-ring (bicyclic) bond motifs is 1. The Labute approximate surface area is 221 Å². The van der Waals surface area contributed by atoms with Crippen LogP contribution in [0.3, 0.4) is 0 Å². The normalized spacial score (nSPS) is 15.9. The number of esters is 1. The molecule has 0 spiro atoms. The summed E-state index contributed by atoms with van der Waals surface area (Å²) in [6, 6.07) is 12.0. The summed E-state index contributed by atoms with van der Waals surface area (Å²) in [5, 5.41) is 3.94. The van der Waals surface area contributed by atoms with Gasteiger partial charge in [0.15, 0.2) is 0 Å². The Hall–Kier alpha value is -2.41. The molecule has 1 unspecified atom stereocenters. The monoisotopic (exact) mass is 543 g/mol. The van der Waals surface area contributed by atoms with Crippen LogP contribution in [0.4, 0.5) is 5.69 Å². The summed E-state index contributed by atoms with van der Waals surface area (Å²) in [6.07, 6.45) is 1.95. The number of rotatable bonds is 9. The van der Waals surface area contributed by atoms with E-state index in [2.05, 4.69) is 31.9 Å². The minimum Gasteiger partial charge on any atom is -0.587 e. The highest BCUT2D eigenvalue weighted by molar-refractivity contribution is 7.94. The maximum absolute atomic E-state index is 13.0. The molecule has 190 valence electrons. The molecular formula is C25H29N5O3S3. The number of ether oxygens (including phenoxy) is 1. The van der Waals surface area contributed by atoms with E-state index < -0.39 is 11.4 Å². The number of nitrogens with zero attached hydrogens (tertiary/aromatic N) is 4. The molecule has 1 N–H and O–H groups in total. The van der Waals surface area contributed by atoms with Crippen molar-refractivity contribution in [2.45, 2.75) is 17.7 Å². The molecular weight excluding hydrogens is 515 g/mol. The van der Waals surface area contributed by atoms with Crippen LogP contribution in [0.2, 0.25) is 0 Å². The fourth-order valence-corrected chi connectivity index (χ4v) is 7.33. The van der Waals surface area contributed by atoms with E-state index in [-0.39, 0.29) is 5.97 Å². The van der Waals surface area contributed by atoms with Crippen LogP contribution < -0.4 is 4.31 Å². The molecule has 11 heteroatoms. The molecule has 0 saturated carbocycles. The van der Waals surface area contributed by atoms with Gasteiger partial charge in [-0.05, 0) is 30.5 Å². The van der Waals surface area contributed by atoms with Crippen LogP contribution in [0.5, 0.6) is 0 Å². The summed E-state index contributed by atoms with van der Waals surface area (Å²) in [4.78, 5) is 25.7. The van der Waals surface area contributed by atoms with Crippen molar-refractivity contribution in [3.63, 3.8) is 0 Å². The van der Waals surface area contributed by atoms with Gasteiger partial charge in [0.2, 0.25) is 4.21 Å². The van der Waals surface area contributed by atoms with Gasteiger partial charge in [0, 0.05) is 55.3 Å². The Kier molecular flexibility index (Phi) is 7.94. The number of para-hydroxylation sites is 1. The lowest BCUT2D eigenvalue weighted by Crippen LogP contribution is -2.47. The predicted molar refractivity (Wildman–Crippen MR) is 147 cm³/mol. The van der Waals surface area contributed by atoms with Gasteiger partial charge in [-0.15, -0.1) is 11.3 Å². The first-order chi connectivity index (χ1) is 17.5. The third-order valence-corrected chi connectivity index (χ3v) is 9.74. The molecule has 5 rings (SSSR count). The first-order valence-electron chi connectivity index (χ1n) is 11.9. The Morgan fingerprint density at radius 2 is 2.03 bits per heavy atom. The second kappa shape index (κ2) is 11.3. The molecule has 1 aliphatic heterocycles. The molecule has 4 heterocycles. The number of hydrogen-bond donors (Lipinski definition) is 1. The number of thiazole rings is 1. The van der Waals surface area contributed by atoms with E-state index in [4.69, 9.17) is 4.74 Å². The summed E-state index contributed by atoms with van der Waals surface area (Å²) in [5.41, 5.74) is 2.81. The zero-order valence-corrected chi connectivity index (χ0v) is 22.8. The lowest BCUT2D eigenvalue weighted by atomic mass is 10.2. The highest BCUT2D eigenvalue weighted by Crippen LogP contribution is 2.34. The Bertz CT molecular complexity index is 1300. The largest absolute Gasteiger partial charge is 0.587 e. The topological polar surface area (TPSA) is 87.8 Å². The quantitative estimate of drug-likeness (QED) is 0.250. The first kappa shape index (κ1) is 25.2. The number of piperazine rings is 1. The van der Waals surface area contributed by atoms with Gasteiger partial charge in [0.25, 0.3) is 0 Å². The number of anilines is 1. The number of nitrogens with one attached hydrogen (secondary N) is 1. The number of hydrogen-bond acceptors (Lipinski definition) is 9. The van der Waals surface area contributed by atoms with E-state index in [1.165, 1.54) is 16.2 Å². The van der Waals surface area contributed by atoms with Gasteiger partial charge in [-0.1, -0.05) is 23.5 Å². The average Bonchev–Trinajstić information content (AvgIpc) is 3.65. The van der Waals surface area contributed by atoms with E-state index in [9.17, 15) is 9.35 Å².